The average Bonchev–Trinajstić information content (AvgIpc) is 3.76. The molecule has 2 fully saturated rings. The maximum absolute atomic E-state index is 14.1. The van der Waals surface area contributed by atoms with Gasteiger partial charge in [0.2, 0.25) is 11.8 Å². The van der Waals surface area contributed by atoms with Crippen LogP contribution in [-0.4, -0.2) is 97.8 Å². The lowest BCUT2D eigenvalue weighted by Crippen LogP contribution is -2.47. The molecule has 0 spiro atoms. The van der Waals surface area contributed by atoms with Crippen molar-refractivity contribution in [2.45, 2.75) is 62.8 Å². The molecule has 0 saturated carbocycles. The van der Waals surface area contributed by atoms with Gasteiger partial charge >= 0.3 is 0 Å². The SMILES string of the molecule is O=C(CC1CCOC1)N[C@@H](Cc1ccccc1)[C@@H](O)C[C@@H](Cc1ccc(OCCN2CCOCC2)cc1)C(=O)N[C@H]1c2ccccc2C[C@H]1O. The topological polar surface area (TPSA) is 130 Å². The maximum Gasteiger partial charge on any atom is 0.224 e. The summed E-state index contributed by atoms with van der Waals surface area (Å²) in [7, 11) is 0. The van der Waals surface area contributed by atoms with Crippen LogP contribution >= 0.6 is 0 Å². The van der Waals surface area contributed by atoms with Gasteiger partial charge in [-0.05, 0) is 66.0 Å². The number of nitrogens with one attached hydrogen (secondary N) is 2. The van der Waals surface area contributed by atoms with Crippen molar-refractivity contribution in [1.29, 1.82) is 0 Å². The first-order chi connectivity index (χ1) is 24.4. The second-order valence-corrected chi connectivity index (χ2v) is 13.9. The van der Waals surface area contributed by atoms with E-state index in [1.54, 1.807) is 0 Å². The van der Waals surface area contributed by atoms with Gasteiger partial charge in [-0.1, -0.05) is 66.7 Å². The molecular weight excluding hydrogens is 634 g/mol. The van der Waals surface area contributed by atoms with Gasteiger partial charge in [-0.15, -0.1) is 0 Å². The van der Waals surface area contributed by atoms with E-state index in [9.17, 15) is 19.8 Å². The quantitative estimate of drug-likeness (QED) is 0.181. The smallest absolute Gasteiger partial charge is 0.224 e. The molecule has 2 saturated heterocycles. The summed E-state index contributed by atoms with van der Waals surface area (Å²) in [6.07, 6.45) is 0.828. The number of nitrogens with zero attached hydrogens (tertiary/aromatic N) is 1. The molecule has 3 aromatic rings. The molecule has 10 nitrogen and oxygen atoms in total. The van der Waals surface area contributed by atoms with Crippen LogP contribution in [0.25, 0.3) is 0 Å². The second-order valence-electron chi connectivity index (χ2n) is 13.9. The van der Waals surface area contributed by atoms with E-state index in [0.717, 1.165) is 67.3 Å². The third-order valence-corrected chi connectivity index (χ3v) is 10.2. The van der Waals surface area contributed by atoms with Gasteiger partial charge in [-0.3, -0.25) is 14.5 Å². The summed E-state index contributed by atoms with van der Waals surface area (Å²) < 4.78 is 16.9. The molecule has 3 aromatic carbocycles. The van der Waals surface area contributed by atoms with Crippen LogP contribution in [-0.2, 0) is 38.3 Å². The van der Waals surface area contributed by atoms with Crippen molar-refractivity contribution >= 4 is 11.8 Å². The molecule has 2 heterocycles. The molecule has 0 bridgehead atoms. The Balaban J connectivity index is 1.16. The summed E-state index contributed by atoms with van der Waals surface area (Å²) in [5.74, 6) is -0.0847. The predicted molar refractivity (Wildman–Crippen MR) is 190 cm³/mol. The summed E-state index contributed by atoms with van der Waals surface area (Å²) in [4.78, 5) is 29.6. The van der Waals surface area contributed by atoms with Crippen molar-refractivity contribution in [3.05, 3.63) is 101 Å². The molecule has 1 unspecified atom stereocenters. The lowest BCUT2D eigenvalue weighted by molar-refractivity contribution is -0.127. The lowest BCUT2D eigenvalue weighted by atomic mass is 9.88. The fourth-order valence-electron chi connectivity index (χ4n) is 7.30. The summed E-state index contributed by atoms with van der Waals surface area (Å²) in [5.41, 5.74) is 3.84. The molecule has 6 atom stereocenters. The zero-order chi connectivity index (χ0) is 34.7. The van der Waals surface area contributed by atoms with Gasteiger partial charge < -0.3 is 35.1 Å². The van der Waals surface area contributed by atoms with Crippen LogP contribution in [0.4, 0.5) is 0 Å². The summed E-state index contributed by atoms with van der Waals surface area (Å²) in [5, 5.41) is 28.9. The predicted octanol–water partition coefficient (Wildman–Crippen LogP) is 3.24. The number of amides is 2. The fourth-order valence-corrected chi connectivity index (χ4v) is 7.30. The number of ether oxygens (including phenoxy) is 3. The van der Waals surface area contributed by atoms with Crippen molar-refractivity contribution < 1.29 is 34.0 Å². The number of morpholine rings is 1. The molecule has 4 N–H and O–H groups in total. The Morgan fingerprint density at radius 3 is 2.40 bits per heavy atom. The Bertz CT molecular complexity index is 1510. The van der Waals surface area contributed by atoms with E-state index in [1.807, 2.05) is 78.9 Å². The summed E-state index contributed by atoms with van der Waals surface area (Å²) >= 11 is 0. The van der Waals surface area contributed by atoms with Crippen LogP contribution in [0, 0.1) is 11.8 Å². The highest BCUT2D eigenvalue weighted by Gasteiger charge is 2.35. The monoisotopic (exact) mass is 685 g/mol. The highest BCUT2D eigenvalue weighted by Crippen LogP contribution is 2.32. The third-order valence-electron chi connectivity index (χ3n) is 10.2. The first-order valence-electron chi connectivity index (χ1n) is 18.1. The molecule has 0 radical (unpaired) electrons. The maximum atomic E-state index is 14.1. The molecule has 50 heavy (non-hydrogen) atoms. The Kier molecular flexibility index (Phi) is 12.9. The van der Waals surface area contributed by atoms with Gasteiger partial charge in [0.05, 0.1) is 37.5 Å². The number of fused-ring (bicyclic) bond motifs is 1. The van der Waals surface area contributed by atoms with E-state index in [2.05, 4.69) is 15.5 Å². The standard InChI is InChI=1S/C40H51N3O7/c44-36(35(23-28-6-2-1-3-7-28)41-38(46)24-30-14-18-49-27-30)26-32(40(47)42-39-34-9-5-4-8-31(34)25-37(39)45)22-29-10-12-33(13-11-29)50-21-17-43-15-19-48-20-16-43/h1-13,30,32,35-37,39,44-45H,14-27H2,(H,41,46)(H,42,47)/t30?,32-,35+,36+,37-,39+/m1/s1. The van der Waals surface area contributed by atoms with E-state index in [4.69, 9.17) is 14.2 Å². The van der Waals surface area contributed by atoms with Crippen LogP contribution in [0.3, 0.4) is 0 Å². The van der Waals surface area contributed by atoms with Crippen LogP contribution in [0.2, 0.25) is 0 Å². The van der Waals surface area contributed by atoms with E-state index < -0.39 is 30.2 Å². The zero-order valence-corrected chi connectivity index (χ0v) is 28.8. The first-order valence-corrected chi connectivity index (χ1v) is 18.1. The molecule has 3 aliphatic rings. The average molecular weight is 686 g/mol. The molecular formula is C40H51N3O7. The summed E-state index contributed by atoms with van der Waals surface area (Å²) in [6, 6.07) is 24.2. The van der Waals surface area contributed by atoms with Gasteiger partial charge in [0.25, 0.3) is 0 Å². The van der Waals surface area contributed by atoms with Crippen LogP contribution in [0.5, 0.6) is 5.75 Å². The first kappa shape index (κ1) is 36.0. The minimum absolute atomic E-state index is 0.123. The molecule has 2 aliphatic heterocycles. The number of benzene rings is 3. The number of carbonyl (C=O) groups is 2. The minimum atomic E-state index is -1.00. The van der Waals surface area contributed by atoms with E-state index in [1.165, 1.54) is 0 Å². The van der Waals surface area contributed by atoms with E-state index >= 15 is 0 Å². The van der Waals surface area contributed by atoms with Gasteiger partial charge in [-0.2, -0.15) is 0 Å². The van der Waals surface area contributed by atoms with Crippen molar-refractivity contribution in [3.63, 3.8) is 0 Å². The number of rotatable bonds is 16. The molecule has 268 valence electrons. The minimum Gasteiger partial charge on any atom is -0.492 e. The molecule has 2 amide bonds. The van der Waals surface area contributed by atoms with Gasteiger partial charge in [0, 0.05) is 51.6 Å². The van der Waals surface area contributed by atoms with E-state index in [0.29, 0.717) is 45.5 Å². The molecule has 1 aliphatic carbocycles. The molecule has 0 aromatic heterocycles. The fraction of sp³-hybridized carbons (Fsp3) is 0.500. The number of aliphatic hydroxyl groups is 2. The van der Waals surface area contributed by atoms with Crippen molar-refractivity contribution in [2.24, 2.45) is 11.8 Å². The van der Waals surface area contributed by atoms with Gasteiger partial charge in [0.15, 0.2) is 0 Å². The third kappa shape index (κ3) is 10.1. The zero-order valence-electron chi connectivity index (χ0n) is 28.8. The Labute approximate surface area is 295 Å². The van der Waals surface area contributed by atoms with Gasteiger partial charge in [0.1, 0.15) is 12.4 Å². The molecule has 10 heteroatoms. The van der Waals surface area contributed by atoms with Crippen molar-refractivity contribution in [1.82, 2.24) is 15.5 Å². The number of hydrogen-bond donors (Lipinski definition) is 4. The number of aliphatic hydroxyl groups excluding tert-OH is 2. The van der Waals surface area contributed by atoms with Crippen LogP contribution in [0.15, 0.2) is 78.9 Å². The van der Waals surface area contributed by atoms with Crippen LogP contribution in [0.1, 0.15) is 47.6 Å². The second kappa shape index (κ2) is 17.9. The van der Waals surface area contributed by atoms with E-state index in [-0.39, 0.29) is 24.2 Å². The Hall–Kier alpha value is -3.80. The highest BCUT2D eigenvalue weighted by atomic mass is 16.5. The van der Waals surface area contributed by atoms with Crippen molar-refractivity contribution in [2.75, 3.05) is 52.7 Å². The summed E-state index contributed by atoms with van der Waals surface area (Å²) in [6.45, 7) is 5.95. The van der Waals surface area contributed by atoms with Crippen molar-refractivity contribution in [3.8, 4) is 5.75 Å². The number of hydrogen-bond acceptors (Lipinski definition) is 8. The normalized spacial score (nSPS) is 22.3. The lowest BCUT2D eigenvalue weighted by Gasteiger charge is -2.29. The Morgan fingerprint density at radius 2 is 1.64 bits per heavy atom. The molecule has 6 rings (SSSR count). The van der Waals surface area contributed by atoms with Crippen LogP contribution < -0.4 is 15.4 Å². The van der Waals surface area contributed by atoms with Gasteiger partial charge in [-0.25, -0.2) is 0 Å². The largest absolute Gasteiger partial charge is 0.492 e. The number of carbonyl (C=O) groups excluding carboxylic acids is 2. The highest BCUT2D eigenvalue weighted by molar-refractivity contribution is 5.80. The Morgan fingerprint density at radius 1 is 0.900 bits per heavy atom.